The van der Waals surface area contributed by atoms with Crippen LogP contribution < -0.4 is 5.32 Å². The molecule has 0 saturated heterocycles. The maximum atomic E-state index is 13.6. The summed E-state index contributed by atoms with van der Waals surface area (Å²) < 4.78 is 51.3. The molecule has 23 heavy (non-hydrogen) atoms. The molecule has 5 nitrogen and oxygen atoms in total. The maximum absolute atomic E-state index is 13.6. The monoisotopic (exact) mass is 334 g/mol. The van der Waals surface area contributed by atoms with Gasteiger partial charge in [0, 0.05) is 18.2 Å². The topological polar surface area (TPSA) is 72.2 Å². The van der Waals surface area contributed by atoms with E-state index in [0.717, 1.165) is 18.2 Å². The van der Waals surface area contributed by atoms with Crippen molar-refractivity contribution in [3.8, 4) is 0 Å². The van der Waals surface area contributed by atoms with E-state index in [4.69, 9.17) is 0 Å². The van der Waals surface area contributed by atoms with Gasteiger partial charge < -0.3 is 5.32 Å². The Bertz CT molecular complexity index is 611. The number of nitro groups is 1. The van der Waals surface area contributed by atoms with Gasteiger partial charge in [-0.2, -0.15) is 13.2 Å². The highest BCUT2D eigenvalue weighted by molar-refractivity contribution is 5.95. The Kier molecular flexibility index (Phi) is 4.86. The zero-order valence-electron chi connectivity index (χ0n) is 11.9. The molecule has 1 aromatic carbocycles. The molecule has 1 saturated carbocycles. The summed E-state index contributed by atoms with van der Waals surface area (Å²) in [5.41, 5.74) is -0.922. The van der Waals surface area contributed by atoms with Crippen LogP contribution in [0, 0.1) is 21.8 Å². The Morgan fingerprint density at radius 2 is 1.83 bits per heavy atom. The second kappa shape index (κ2) is 6.51. The van der Waals surface area contributed by atoms with Gasteiger partial charge in [0.25, 0.3) is 11.6 Å². The lowest BCUT2D eigenvalue weighted by atomic mass is 9.85. The summed E-state index contributed by atoms with van der Waals surface area (Å²) in [6.07, 6.45) is -4.20. The van der Waals surface area contributed by atoms with Crippen molar-refractivity contribution in [2.75, 3.05) is 0 Å². The van der Waals surface area contributed by atoms with Crippen molar-refractivity contribution >= 4 is 11.6 Å². The molecule has 1 aliphatic carbocycles. The van der Waals surface area contributed by atoms with E-state index in [1.165, 1.54) is 0 Å². The van der Waals surface area contributed by atoms with Crippen LogP contribution in [0.4, 0.5) is 23.2 Å². The zero-order valence-corrected chi connectivity index (χ0v) is 11.9. The van der Waals surface area contributed by atoms with Gasteiger partial charge in [0.05, 0.1) is 16.4 Å². The Balaban J connectivity index is 2.01. The van der Waals surface area contributed by atoms with E-state index in [-0.39, 0.29) is 25.7 Å². The number of halogens is 4. The number of rotatable bonds is 3. The number of nitrogens with one attached hydrogen (secondary N) is 1. The second-order valence-electron chi connectivity index (χ2n) is 5.48. The molecular formula is C14H14F4N2O3. The fourth-order valence-electron chi connectivity index (χ4n) is 2.63. The lowest BCUT2D eigenvalue weighted by Gasteiger charge is -2.30. The highest BCUT2D eigenvalue weighted by Gasteiger charge is 2.41. The summed E-state index contributed by atoms with van der Waals surface area (Å²) >= 11 is 0. The Hall–Kier alpha value is -2.19. The fraction of sp³-hybridized carbons (Fsp3) is 0.500. The Morgan fingerprint density at radius 1 is 1.22 bits per heavy atom. The third-order valence-corrected chi connectivity index (χ3v) is 3.93. The molecule has 1 amide bonds. The zero-order chi connectivity index (χ0) is 17.2. The van der Waals surface area contributed by atoms with Crippen LogP contribution >= 0.6 is 0 Å². The van der Waals surface area contributed by atoms with Gasteiger partial charge in [-0.05, 0) is 31.7 Å². The van der Waals surface area contributed by atoms with Crippen molar-refractivity contribution < 1.29 is 27.3 Å². The van der Waals surface area contributed by atoms with Gasteiger partial charge in [0.15, 0.2) is 0 Å². The molecular weight excluding hydrogens is 320 g/mol. The molecule has 0 bridgehead atoms. The third kappa shape index (κ3) is 4.17. The Morgan fingerprint density at radius 3 is 2.35 bits per heavy atom. The summed E-state index contributed by atoms with van der Waals surface area (Å²) in [6.45, 7) is 0. The summed E-state index contributed by atoms with van der Waals surface area (Å²) in [5.74, 6) is -3.16. The molecule has 0 aromatic heterocycles. The summed E-state index contributed by atoms with van der Waals surface area (Å²) in [4.78, 5) is 21.9. The van der Waals surface area contributed by atoms with Crippen molar-refractivity contribution in [3.05, 3.63) is 39.7 Å². The molecule has 2 rings (SSSR count). The molecule has 0 unspecified atom stereocenters. The van der Waals surface area contributed by atoms with Gasteiger partial charge in [-0.25, -0.2) is 4.39 Å². The predicted molar refractivity (Wildman–Crippen MR) is 72.3 cm³/mol. The van der Waals surface area contributed by atoms with E-state index in [1.54, 1.807) is 0 Å². The molecule has 0 atom stereocenters. The lowest BCUT2D eigenvalue weighted by molar-refractivity contribution is -0.384. The largest absolute Gasteiger partial charge is 0.391 e. The van der Waals surface area contributed by atoms with E-state index < -0.39 is 46.0 Å². The molecule has 9 heteroatoms. The van der Waals surface area contributed by atoms with Crippen LogP contribution in [0.1, 0.15) is 36.0 Å². The van der Waals surface area contributed by atoms with E-state index in [9.17, 15) is 32.5 Å². The smallest absolute Gasteiger partial charge is 0.349 e. The van der Waals surface area contributed by atoms with Crippen molar-refractivity contribution in [1.29, 1.82) is 0 Å². The molecule has 0 aliphatic heterocycles. The number of amides is 1. The van der Waals surface area contributed by atoms with Crippen LogP contribution in [-0.4, -0.2) is 23.0 Å². The highest BCUT2D eigenvalue weighted by Crippen LogP contribution is 2.37. The molecule has 1 fully saturated rings. The first-order valence-electron chi connectivity index (χ1n) is 7.00. The predicted octanol–water partition coefficient (Wildman–Crippen LogP) is 3.58. The van der Waals surface area contributed by atoms with Crippen molar-refractivity contribution in [3.63, 3.8) is 0 Å². The number of alkyl halides is 3. The van der Waals surface area contributed by atoms with Crippen molar-refractivity contribution in [2.24, 2.45) is 5.92 Å². The molecule has 1 aromatic rings. The summed E-state index contributed by atoms with van der Waals surface area (Å²) in [6, 6.07) is 2.06. The lowest BCUT2D eigenvalue weighted by Crippen LogP contribution is -2.40. The van der Waals surface area contributed by atoms with Crippen molar-refractivity contribution in [1.82, 2.24) is 5.32 Å². The third-order valence-electron chi connectivity index (χ3n) is 3.93. The minimum absolute atomic E-state index is 0.105. The number of non-ortho nitro benzene ring substituents is 1. The average molecular weight is 334 g/mol. The van der Waals surface area contributed by atoms with Gasteiger partial charge >= 0.3 is 6.18 Å². The molecule has 0 heterocycles. The van der Waals surface area contributed by atoms with Crippen LogP contribution in [0.5, 0.6) is 0 Å². The minimum Gasteiger partial charge on any atom is -0.349 e. The molecule has 0 radical (unpaired) electrons. The van der Waals surface area contributed by atoms with Crippen molar-refractivity contribution in [2.45, 2.75) is 37.9 Å². The van der Waals surface area contributed by atoms with E-state index in [2.05, 4.69) is 5.32 Å². The maximum Gasteiger partial charge on any atom is 0.391 e. The van der Waals surface area contributed by atoms with Crippen LogP contribution in [0.15, 0.2) is 18.2 Å². The first-order chi connectivity index (χ1) is 10.7. The van der Waals surface area contributed by atoms with E-state index in [0.29, 0.717) is 0 Å². The van der Waals surface area contributed by atoms with E-state index in [1.807, 2.05) is 0 Å². The van der Waals surface area contributed by atoms with Crippen LogP contribution in [-0.2, 0) is 0 Å². The fourth-order valence-corrected chi connectivity index (χ4v) is 2.63. The number of nitro benzene ring substituents is 1. The van der Waals surface area contributed by atoms with Gasteiger partial charge in [0.1, 0.15) is 5.82 Å². The van der Waals surface area contributed by atoms with Gasteiger partial charge in [-0.3, -0.25) is 14.9 Å². The van der Waals surface area contributed by atoms with E-state index >= 15 is 0 Å². The second-order valence-corrected chi connectivity index (χ2v) is 5.48. The van der Waals surface area contributed by atoms with Gasteiger partial charge in [-0.15, -0.1) is 0 Å². The average Bonchev–Trinajstić information content (AvgIpc) is 2.47. The molecule has 0 spiro atoms. The normalized spacial score (nSPS) is 21.7. The minimum atomic E-state index is -4.25. The number of carbonyl (C=O) groups is 1. The van der Waals surface area contributed by atoms with Crippen LogP contribution in [0.2, 0.25) is 0 Å². The molecule has 126 valence electrons. The number of hydrogen-bond acceptors (Lipinski definition) is 3. The quantitative estimate of drug-likeness (QED) is 0.522. The van der Waals surface area contributed by atoms with Gasteiger partial charge in [-0.1, -0.05) is 0 Å². The highest BCUT2D eigenvalue weighted by atomic mass is 19.4. The first kappa shape index (κ1) is 17.2. The summed E-state index contributed by atoms with van der Waals surface area (Å²) in [7, 11) is 0. The molecule has 1 N–H and O–H groups in total. The van der Waals surface area contributed by atoms with Gasteiger partial charge in [0.2, 0.25) is 0 Å². The number of nitrogens with zero attached hydrogens (tertiary/aromatic N) is 1. The van der Waals surface area contributed by atoms with Crippen LogP contribution in [0.25, 0.3) is 0 Å². The SMILES string of the molecule is O=C(NC1CCC(C(F)(F)F)CC1)c1cc([N+](=O)[O-])ccc1F. The Labute approximate surface area is 128 Å². The molecule has 1 aliphatic rings. The summed E-state index contributed by atoms with van der Waals surface area (Å²) in [5, 5.41) is 13.1. The number of carbonyl (C=O) groups excluding carboxylic acids is 1. The van der Waals surface area contributed by atoms with Crippen LogP contribution in [0.3, 0.4) is 0 Å². The number of hydrogen-bond donors (Lipinski definition) is 1. The standard InChI is InChI=1S/C14H14F4N2O3/c15-12-6-5-10(20(22)23)7-11(12)13(21)19-9-3-1-8(2-4-9)14(16,17)18/h5-9H,1-4H2,(H,19,21). The first-order valence-corrected chi connectivity index (χ1v) is 7.00. The number of benzene rings is 1.